The van der Waals surface area contributed by atoms with E-state index >= 15 is 0 Å². The average Bonchev–Trinajstić information content (AvgIpc) is 2.78. The van der Waals surface area contributed by atoms with Crippen molar-refractivity contribution in [2.75, 3.05) is 19.6 Å². The molecule has 1 aromatic rings. The van der Waals surface area contributed by atoms with Crippen LogP contribution in [0.15, 0.2) is 16.5 Å². The van der Waals surface area contributed by atoms with Gasteiger partial charge in [0.25, 0.3) is 0 Å². The Labute approximate surface area is 114 Å². The van der Waals surface area contributed by atoms with Gasteiger partial charge in [-0.2, -0.15) is 0 Å². The van der Waals surface area contributed by atoms with E-state index in [9.17, 15) is 14.4 Å². The summed E-state index contributed by atoms with van der Waals surface area (Å²) in [6.07, 6.45) is 0.697. The van der Waals surface area contributed by atoms with Crippen LogP contribution in [0.3, 0.4) is 0 Å². The van der Waals surface area contributed by atoms with Crippen molar-refractivity contribution in [3.63, 3.8) is 0 Å². The van der Waals surface area contributed by atoms with Gasteiger partial charge in [0.05, 0.1) is 6.54 Å². The molecule has 8 heteroatoms. The predicted molar refractivity (Wildman–Crippen MR) is 67.1 cm³/mol. The highest BCUT2D eigenvalue weighted by molar-refractivity contribution is 5.85. The van der Waals surface area contributed by atoms with E-state index in [4.69, 9.17) is 9.52 Å². The molecule has 8 nitrogen and oxygen atoms in total. The van der Waals surface area contributed by atoms with Gasteiger partial charge in [-0.3, -0.25) is 4.79 Å². The second-order valence-electron chi connectivity index (χ2n) is 4.35. The molecule has 2 rings (SSSR count). The Morgan fingerprint density at radius 3 is 2.95 bits per heavy atom. The second-order valence-corrected chi connectivity index (χ2v) is 4.35. The molecule has 1 fully saturated rings. The second kappa shape index (κ2) is 6.09. The lowest BCUT2D eigenvalue weighted by Crippen LogP contribution is -2.43. The number of carbonyl (C=O) groups is 3. The van der Waals surface area contributed by atoms with Crippen LogP contribution < -0.4 is 10.6 Å². The molecule has 0 atom stereocenters. The van der Waals surface area contributed by atoms with Gasteiger partial charge < -0.3 is 25.1 Å². The van der Waals surface area contributed by atoms with Crippen molar-refractivity contribution in [1.29, 1.82) is 0 Å². The normalized spacial score (nSPS) is 15.4. The third-order valence-corrected chi connectivity index (χ3v) is 2.83. The van der Waals surface area contributed by atoms with Crippen molar-refractivity contribution < 1.29 is 23.9 Å². The van der Waals surface area contributed by atoms with E-state index in [2.05, 4.69) is 10.6 Å². The van der Waals surface area contributed by atoms with Gasteiger partial charge in [0, 0.05) is 13.1 Å². The number of furan rings is 1. The molecule has 0 saturated carbocycles. The molecule has 1 aliphatic heterocycles. The van der Waals surface area contributed by atoms with Crippen LogP contribution in [0.4, 0.5) is 4.79 Å². The molecule has 1 saturated heterocycles. The van der Waals surface area contributed by atoms with Gasteiger partial charge in [0.2, 0.25) is 11.7 Å². The summed E-state index contributed by atoms with van der Waals surface area (Å²) in [6.45, 7) is 1.14. The van der Waals surface area contributed by atoms with Gasteiger partial charge in [0.1, 0.15) is 12.3 Å². The maximum atomic E-state index is 11.9. The summed E-state index contributed by atoms with van der Waals surface area (Å²) in [7, 11) is 0. The van der Waals surface area contributed by atoms with Crippen molar-refractivity contribution in [3.8, 4) is 0 Å². The molecule has 1 aromatic heterocycles. The van der Waals surface area contributed by atoms with Crippen LogP contribution >= 0.6 is 0 Å². The van der Waals surface area contributed by atoms with Crippen molar-refractivity contribution in [2.24, 2.45) is 0 Å². The van der Waals surface area contributed by atoms with Crippen molar-refractivity contribution in [3.05, 3.63) is 23.7 Å². The Kier molecular flexibility index (Phi) is 4.24. The monoisotopic (exact) mass is 281 g/mol. The quantitative estimate of drug-likeness (QED) is 0.722. The van der Waals surface area contributed by atoms with Gasteiger partial charge in [-0.1, -0.05) is 0 Å². The van der Waals surface area contributed by atoms with E-state index in [1.165, 1.54) is 17.0 Å². The molecule has 0 spiro atoms. The van der Waals surface area contributed by atoms with Gasteiger partial charge in [-0.05, 0) is 18.6 Å². The first-order chi connectivity index (χ1) is 9.56. The van der Waals surface area contributed by atoms with Gasteiger partial charge in [0.15, 0.2) is 0 Å². The number of nitrogens with zero attached hydrogens (tertiary/aromatic N) is 1. The van der Waals surface area contributed by atoms with E-state index in [0.29, 0.717) is 25.3 Å². The molecule has 20 heavy (non-hydrogen) atoms. The van der Waals surface area contributed by atoms with Crippen LogP contribution in [-0.4, -0.2) is 47.5 Å². The summed E-state index contributed by atoms with van der Waals surface area (Å²) in [5, 5.41) is 14.0. The zero-order chi connectivity index (χ0) is 14.5. The first-order valence-electron chi connectivity index (χ1n) is 6.18. The van der Waals surface area contributed by atoms with Crippen LogP contribution in [0.1, 0.15) is 22.7 Å². The minimum atomic E-state index is -1.16. The third kappa shape index (κ3) is 3.50. The summed E-state index contributed by atoms with van der Waals surface area (Å²) in [5.41, 5.74) is 0. The smallest absolute Gasteiger partial charge is 0.371 e. The highest BCUT2D eigenvalue weighted by Gasteiger charge is 2.19. The summed E-state index contributed by atoms with van der Waals surface area (Å²) in [4.78, 5) is 35.3. The number of aromatic carboxylic acids is 1. The largest absolute Gasteiger partial charge is 0.475 e. The summed E-state index contributed by atoms with van der Waals surface area (Å²) < 4.78 is 5.02. The van der Waals surface area contributed by atoms with E-state index in [1.807, 2.05) is 0 Å². The zero-order valence-electron chi connectivity index (χ0n) is 10.7. The fourth-order valence-electron chi connectivity index (χ4n) is 1.84. The molecule has 3 N–H and O–H groups in total. The molecule has 108 valence electrons. The molecular weight excluding hydrogens is 266 g/mol. The molecule has 1 aliphatic rings. The lowest BCUT2D eigenvalue weighted by Gasteiger charge is -2.19. The van der Waals surface area contributed by atoms with Crippen LogP contribution in [0.25, 0.3) is 0 Å². The first kappa shape index (κ1) is 13.9. The number of nitrogens with one attached hydrogen (secondary N) is 2. The molecule has 2 heterocycles. The SMILES string of the molecule is O=C1CN(C(=O)NCc2ccc(C(=O)O)o2)CCCN1. The molecule has 0 aliphatic carbocycles. The minimum Gasteiger partial charge on any atom is -0.475 e. The standard InChI is InChI=1S/C12H15N3O5/c16-10-7-15(5-1-4-13-10)12(19)14-6-8-2-3-9(20-8)11(17)18/h2-3H,1,4-7H2,(H,13,16)(H,14,19)(H,17,18). The van der Waals surface area contributed by atoms with E-state index in [1.54, 1.807) is 0 Å². The molecular formula is C12H15N3O5. The highest BCUT2D eigenvalue weighted by Crippen LogP contribution is 2.07. The first-order valence-corrected chi connectivity index (χ1v) is 6.18. The summed E-state index contributed by atoms with van der Waals surface area (Å²) in [5.74, 6) is -1.19. The number of rotatable bonds is 3. The number of hydrogen-bond donors (Lipinski definition) is 3. The summed E-state index contributed by atoms with van der Waals surface area (Å²) >= 11 is 0. The van der Waals surface area contributed by atoms with Crippen LogP contribution in [0, 0.1) is 0 Å². The van der Waals surface area contributed by atoms with Crippen molar-refractivity contribution in [2.45, 2.75) is 13.0 Å². The fraction of sp³-hybridized carbons (Fsp3) is 0.417. The molecule has 0 bridgehead atoms. The molecule has 0 unspecified atom stereocenters. The molecule has 0 radical (unpaired) electrons. The number of carboxylic acid groups (broad SMARTS) is 1. The van der Waals surface area contributed by atoms with Gasteiger partial charge >= 0.3 is 12.0 Å². The number of carboxylic acids is 1. The van der Waals surface area contributed by atoms with E-state index in [-0.39, 0.29) is 30.8 Å². The highest BCUT2D eigenvalue weighted by atomic mass is 16.4. The number of urea groups is 1. The Bertz CT molecular complexity index is 525. The average molecular weight is 281 g/mol. The third-order valence-electron chi connectivity index (χ3n) is 2.83. The Hall–Kier alpha value is -2.51. The zero-order valence-corrected chi connectivity index (χ0v) is 10.7. The van der Waals surface area contributed by atoms with Gasteiger partial charge in [-0.15, -0.1) is 0 Å². The molecule has 3 amide bonds. The summed E-state index contributed by atoms with van der Waals surface area (Å²) in [6, 6.07) is 2.43. The number of amides is 3. The Balaban J connectivity index is 1.87. The minimum absolute atomic E-state index is 0.0182. The van der Waals surface area contributed by atoms with E-state index in [0.717, 1.165) is 0 Å². The Morgan fingerprint density at radius 2 is 2.25 bits per heavy atom. The maximum absolute atomic E-state index is 11.9. The number of carbonyl (C=O) groups excluding carboxylic acids is 2. The van der Waals surface area contributed by atoms with Crippen LogP contribution in [0.2, 0.25) is 0 Å². The van der Waals surface area contributed by atoms with Crippen LogP contribution in [-0.2, 0) is 11.3 Å². The van der Waals surface area contributed by atoms with Crippen molar-refractivity contribution >= 4 is 17.9 Å². The lowest BCUT2D eigenvalue weighted by atomic mass is 10.4. The molecule has 0 aromatic carbocycles. The lowest BCUT2D eigenvalue weighted by molar-refractivity contribution is -0.121. The predicted octanol–water partition coefficient (Wildman–Crippen LogP) is 0.00930. The topological polar surface area (TPSA) is 112 Å². The van der Waals surface area contributed by atoms with Crippen LogP contribution in [0.5, 0.6) is 0 Å². The maximum Gasteiger partial charge on any atom is 0.371 e. The number of hydrogen-bond acceptors (Lipinski definition) is 4. The van der Waals surface area contributed by atoms with Crippen molar-refractivity contribution in [1.82, 2.24) is 15.5 Å². The fourth-order valence-corrected chi connectivity index (χ4v) is 1.84. The van der Waals surface area contributed by atoms with E-state index < -0.39 is 5.97 Å². The Morgan fingerprint density at radius 1 is 1.45 bits per heavy atom. The van der Waals surface area contributed by atoms with Gasteiger partial charge in [-0.25, -0.2) is 9.59 Å².